The molecule has 0 saturated carbocycles. The van der Waals surface area contributed by atoms with Gasteiger partial charge in [0.15, 0.2) is 11.5 Å². The van der Waals surface area contributed by atoms with E-state index in [1.165, 1.54) is 28.4 Å². The number of rotatable bonds is 3. The molecule has 0 N–H and O–H groups in total. The maximum atomic E-state index is 11.0. The van der Waals surface area contributed by atoms with Crippen LogP contribution in [0.15, 0.2) is 24.8 Å². The van der Waals surface area contributed by atoms with Crippen molar-refractivity contribution in [3.05, 3.63) is 52.0 Å². The zero-order valence-electron chi connectivity index (χ0n) is 16.1. The highest BCUT2D eigenvalue weighted by molar-refractivity contribution is 7.26. The summed E-state index contributed by atoms with van der Waals surface area (Å²) in [5.41, 5.74) is 2.76. The molecule has 5 aromatic rings. The minimum absolute atomic E-state index is 0.0766. The maximum absolute atomic E-state index is 11.0. The Bertz CT molecular complexity index is 1440. The fourth-order valence-electron chi connectivity index (χ4n) is 3.44. The van der Waals surface area contributed by atoms with E-state index in [-0.39, 0.29) is 5.69 Å². The van der Waals surface area contributed by atoms with Crippen LogP contribution in [0.5, 0.6) is 0 Å². The molecule has 5 heterocycles. The number of nitro groups is 1. The first kappa shape index (κ1) is 17.6. The van der Waals surface area contributed by atoms with E-state index in [2.05, 4.69) is 27.1 Å². The lowest BCUT2D eigenvalue weighted by Crippen LogP contribution is -2.29. The first-order valence-corrected chi connectivity index (χ1v) is 9.69. The fourth-order valence-corrected chi connectivity index (χ4v) is 4.67. The van der Waals surface area contributed by atoms with E-state index in [9.17, 15) is 10.1 Å². The third-order valence-electron chi connectivity index (χ3n) is 4.99. The number of fused-ring (bicyclic) bond motifs is 5. The van der Waals surface area contributed by atoms with Crippen molar-refractivity contribution in [1.29, 1.82) is 0 Å². The van der Waals surface area contributed by atoms with Crippen molar-refractivity contribution in [3.8, 4) is 0 Å². The molecule has 5 aromatic heterocycles. The fraction of sp³-hybridized carbons (Fsp3) is 0.278. The quantitative estimate of drug-likeness (QED) is 0.332. The molecule has 5 rings (SSSR count). The third kappa shape index (κ3) is 2.50. The maximum Gasteiger partial charge on any atom is 0.307 e. The molecule has 0 spiro atoms. The lowest BCUT2D eigenvalue weighted by atomic mass is 10.1. The van der Waals surface area contributed by atoms with Crippen LogP contribution in [-0.2, 0) is 5.54 Å². The standard InChI is InChI=1S/C18H16N8O2S/c1-9-5-10(2)21-16-12(9)13-14(29-16)15-22-17(23-24(15)8-19-13)18(3,4)25-7-11(6-20-25)26(27)28/h5-8H,1-4H3. The summed E-state index contributed by atoms with van der Waals surface area (Å²) in [5.74, 6) is 0.489. The predicted molar refractivity (Wildman–Crippen MR) is 108 cm³/mol. The van der Waals surface area contributed by atoms with E-state index < -0.39 is 10.5 Å². The second-order valence-corrected chi connectivity index (χ2v) is 8.45. The molecule has 0 bridgehead atoms. The van der Waals surface area contributed by atoms with E-state index in [0.29, 0.717) is 11.5 Å². The topological polar surface area (TPSA) is 117 Å². The summed E-state index contributed by atoms with van der Waals surface area (Å²) >= 11 is 1.54. The number of nitrogens with zero attached hydrogens (tertiary/aromatic N) is 8. The van der Waals surface area contributed by atoms with Gasteiger partial charge in [-0.25, -0.2) is 19.5 Å². The van der Waals surface area contributed by atoms with Crippen molar-refractivity contribution >= 4 is 43.1 Å². The highest BCUT2D eigenvalue weighted by atomic mass is 32.1. The van der Waals surface area contributed by atoms with Crippen LogP contribution in [0.4, 0.5) is 5.69 Å². The number of thiophene rings is 1. The molecule has 146 valence electrons. The normalized spacial score (nSPS) is 12.4. The van der Waals surface area contributed by atoms with Gasteiger partial charge >= 0.3 is 5.69 Å². The first-order chi connectivity index (χ1) is 13.8. The van der Waals surface area contributed by atoms with Gasteiger partial charge in [0, 0.05) is 11.1 Å². The summed E-state index contributed by atoms with van der Waals surface area (Å²) in [6, 6.07) is 2.04. The minimum Gasteiger partial charge on any atom is -0.258 e. The Morgan fingerprint density at radius 2 is 2.03 bits per heavy atom. The van der Waals surface area contributed by atoms with Gasteiger partial charge in [-0.3, -0.25) is 14.8 Å². The van der Waals surface area contributed by atoms with Crippen LogP contribution in [0.2, 0.25) is 0 Å². The average Bonchev–Trinajstić information content (AvgIpc) is 3.36. The smallest absolute Gasteiger partial charge is 0.258 e. The van der Waals surface area contributed by atoms with Crippen LogP contribution in [0, 0.1) is 24.0 Å². The average molecular weight is 408 g/mol. The van der Waals surface area contributed by atoms with E-state index in [0.717, 1.165) is 31.7 Å². The van der Waals surface area contributed by atoms with E-state index in [1.807, 2.05) is 26.8 Å². The molecular weight excluding hydrogens is 392 g/mol. The molecule has 0 aliphatic carbocycles. The molecular formula is C18H16N8O2S. The Morgan fingerprint density at radius 1 is 1.24 bits per heavy atom. The SMILES string of the molecule is Cc1cc(C)c2c(n1)sc1c2ncn2nc(C(C)(C)n3cc([N+](=O)[O-])cn3)nc12. The van der Waals surface area contributed by atoms with Gasteiger partial charge in [0.2, 0.25) is 0 Å². The summed E-state index contributed by atoms with van der Waals surface area (Å²) in [5, 5.41) is 20.7. The molecule has 0 aromatic carbocycles. The monoisotopic (exact) mass is 408 g/mol. The van der Waals surface area contributed by atoms with E-state index >= 15 is 0 Å². The Morgan fingerprint density at radius 3 is 2.76 bits per heavy atom. The highest BCUT2D eigenvalue weighted by Gasteiger charge is 2.31. The van der Waals surface area contributed by atoms with Crippen molar-refractivity contribution < 1.29 is 4.92 Å². The van der Waals surface area contributed by atoms with Gasteiger partial charge in [0.25, 0.3) is 0 Å². The van der Waals surface area contributed by atoms with Crippen LogP contribution in [0.3, 0.4) is 0 Å². The summed E-state index contributed by atoms with van der Waals surface area (Å²) < 4.78 is 4.05. The Hall–Kier alpha value is -3.47. The van der Waals surface area contributed by atoms with Crippen molar-refractivity contribution in [2.45, 2.75) is 33.2 Å². The molecule has 0 aliphatic heterocycles. The molecule has 0 aliphatic rings. The second-order valence-electron chi connectivity index (χ2n) is 7.45. The number of hydrogen-bond donors (Lipinski definition) is 0. The van der Waals surface area contributed by atoms with Crippen LogP contribution < -0.4 is 0 Å². The largest absolute Gasteiger partial charge is 0.307 e. The zero-order chi connectivity index (χ0) is 20.5. The van der Waals surface area contributed by atoms with Crippen LogP contribution >= 0.6 is 11.3 Å². The summed E-state index contributed by atoms with van der Waals surface area (Å²) in [6.45, 7) is 7.76. The van der Waals surface area contributed by atoms with Crippen molar-refractivity contribution in [1.82, 2.24) is 34.3 Å². The van der Waals surface area contributed by atoms with E-state index in [1.54, 1.807) is 10.8 Å². The second kappa shape index (κ2) is 5.77. The van der Waals surface area contributed by atoms with Crippen LogP contribution in [0.1, 0.15) is 30.9 Å². The summed E-state index contributed by atoms with van der Waals surface area (Å²) in [7, 11) is 0. The predicted octanol–water partition coefficient (Wildman–Crippen LogP) is 3.39. The molecule has 0 atom stereocenters. The van der Waals surface area contributed by atoms with Gasteiger partial charge in [-0.15, -0.1) is 16.4 Å². The van der Waals surface area contributed by atoms with Crippen molar-refractivity contribution in [2.24, 2.45) is 0 Å². The van der Waals surface area contributed by atoms with Gasteiger partial charge in [0.1, 0.15) is 33.8 Å². The van der Waals surface area contributed by atoms with Crippen LogP contribution in [0.25, 0.3) is 26.1 Å². The molecule has 29 heavy (non-hydrogen) atoms. The van der Waals surface area contributed by atoms with Gasteiger partial charge in [-0.05, 0) is 39.3 Å². The molecule has 0 radical (unpaired) electrons. The Balaban J connectivity index is 1.73. The number of pyridine rings is 1. The van der Waals surface area contributed by atoms with Gasteiger partial charge < -0.3 is 0 Å². The van der Waals surface area contributed by atoms with Crippen molar-refractivity contribution in [2.75, 3.05) is 0 Å². The Kier molecular flexibility index (Phi) is 3.50. The lowest BCUT2D eigenvalue weighted by molar-refractivity contribution is -0.385. The van der Waals surface area contributed by atoms with Gasteiger partial charge in [0.05, 0.1) is 10.4 Å². The number of aryl methyl sites for hydroxylation is 2. The van der Waals surface area contributed by atoms with Gasteiger partial charge in [-0.1, -0.05) is 0 Å². The lowest BCUT2D eigenvalue weighted by Gasteiger charge is -2.20. The Labute approximate surface area is 168 Å². The van der Waals surface area contributed by atoms with E-state index in [4.69, 9.17) is 4.98 Å². The van der Waals surface area contributed by atoms with Crippen molar-refractivity contribution in [3.63, 3.8) is 0 Å². The highest BCUT2D eigenvalue weighted by Crippen LogP contribution is 2.36. The first-order valence-electron chi connectivity index (χ1n) is 8.87. The third-order valence-corrected chi connectivity index (χ3v) is 6.06. The molecule has 10 nitrogen and oxygen atoms in total. The number of hydrogen-bond acceptors (Lipinski definition) is 8. The molecule has 0 fully saturated rings. The summed E-state index contributed by atoms with van der Waals surface area (Å²) in [4.78, 5) is 25.5. The summed E-state index contributed by atoms with van der Waals surface area (Å²) in [6.07, 6.45) is 4.25. The molecule has 0 unspecified atom stereocenters. The number of aromatic nitrogens is 7. The minimum atomic E-state index is -0.784. The van der Waals surface area contributed by atoms with Gasteiger partial charge in [-0.2, -0.15) is 5.10 Å². The molecule has 0 amide bonds. The molecule has 11 heteroatoms. The van der Waals surface area contributed by atoms with Crippen LogP contribution in [-0.4, -0.2) is 39.3 Å². The zero-order valence-corrected chi connectivity index (χ0v) is 16.9. The molecule has 0 saturated heterocycles.